The minimum atomic E-state index is -0.261. The Balaban J connectivity index is 2.23. The third-order valence-corrected chi connectivity index (χ3v) is 3.59. The van der Waals surface area contributed by atoms with Gasteiger partial charge in [0, 0.05) is 26.2 Å². The Hall–Kier alpha value is -1.59. The van der Waals surface area contributed by atoms with Gasteiger partial charge in [-0.3, -0.25) is 9.69 Å². The third kappa shape index (κ3) is 3.29. The van der Waals surface area contributed by atoms with Gasteiger partial charge in [-0.1, -0.05) is 12.1 Å². The summed E-state index contributed by atoms with van der Waals surface area (Å²) in [6.07, 6.45) is 0. The number of nitrogens with one attached hydrogen (secondary N) is 1. The lowest BCUT2D eigenvalue weighted by molar-refractivity contribution is -0.136. The van der Waals surface area contributed by atoms with Gasteiger partial charge in [0.15, 0.2) is 0 Å². The van der Waals surface area contributed by atoms with Crippen LogP contribution in [0.3, 0.4) is 0 Å². The van der Waals surface area contributed by atoms with Crippen LogP contribution < -0.4 is 10.1 Å². The van der Waals surface area contributed by atoms with Gasteiger partial charge in [0.25, 0.3) is 0 Å². The van der Waals surface area contributed by atoms with E-state index in [0.29, 0.717) is 0 Å². The Morgan fingerprint density at radius 1 is 1.35 bits per heavy atom. The van der Waals surface area contributed by atoms with Crippen molar-refractivity contribution < 1.29 is 9.53 Å². The number of likely N-dealkylation sites (N-methyl/N-ethyl adjacent to an activating group) is 1. The van der Waals surface area contributed by atoms with E-state index < -0.39 is 0 Å². The molecule has 1 aliphatic rings. The smallest absolute Gasteiger partial charge is 0.244 e. The molecule has 5 nitrogen and oxygen atoms in total. The molecule has 1 saturated heterocycles. The molecule has 1 atom stereocenters. The first-order valence-corrected chi connectivity index (χ1v) is 6.93. The summed E-state index contributed by atoms with van der Waals surface area (Å²) in [5.41, 5.74) is 0.970. The second-order valence-corrected chi connectivity index (χ2v) is 5.22. The van der Waals surface area contributed by atoms with Gasteiger partial charge in [-0.25, -0.2) is 0 Å². The summed E-state index contributed by atoms with van der Waals surface area (Å²) in [6.45, 7) is 3.27. The first-order chi connectivity index (χ1) is 9.63. The van der Waals surface area contributed by atoms with Crippen LogP contribution in [0, 0.1) is 0 Å². The molecule has 1 fully saturated rings. The van der Waals surface area contributed by atoms with E-state index in [0.717, 1.165) is 37.5 Å². The molecule has 1 amide bonds. The maximum absolute atomic E-state index is 12.8. The second kappa shape index (κ2) is 6.72. The fourth-order valence-electron chi connectivity index (χ4n) is 2.53. The number of hydrogen-bond acceptors (Lipinski definition) is 4. The molecule has 110 valence electrons. The van der Waals surface area contributed by atoms with Gasteiger partial charge in [-0.15, -0.1) is 0 Å². The monoisotopic (exact) mass is 277 g/mol. The summed E-state index contributed by atoms with van der Waals surface area (Å²) >= 11 is 0. The van der Waals surface area contributed by atoms with E-state index in [2.05, 4.69) is 5.32 Å². The Bertz CT molecular complexity index is 456. The summed E-state index contributed by atoms with van der Waals surface area (Å²) in [7, 11) is 5.51. The summed E-state index contributed by atoms with van der Waals surface area (Å²) in [6, 6.07) is 7.47. The van der Waals surface area contributed by atoms with Gasteiger partial charge in [0.05, 0.1) is 7.11 Å². The van der Waals surface area contributed by atoms with Crippen molar-refractivity contribution in [2.24, 2.45) is 0 Å². The highest BCUT2D eigenvalue weighted by molar-refractivity contribution is 5.83. The lowest BCUT2D eigenvalue weighted by Gasteiger charge is -2.33. The Morgan fingerprint density at radius 3 is 2.65 bits per heavy atom. The topological polar surface area (TPSA) is 44.8 Å². The minimum absolute atomic E-state index is 0.157. The Morgan fingerprint density at radius 2 is 2.05 bits per heavy atom. The number of piperazine rings is 1. The second-order valence-electron chi connectivity index (χ2n) is 5.22. The highest BCUT2D eigenvalue weighted by Crippen LogP contribution is 2.24. The molecule has 0 radical (unpaired) electrons. The number of nitrogens with zero attached hydrogens (tertiary/aromatic N) is 2. The van der Waals surface area contributed by atoms with Crippen molar-refractivity contribution >= 4 is 5.91 Å². The molecule has 0 saturated carbocycles. The SMILES string of the molecule is COc1cccc(C(C(=O)N2CCNCC2)N(C)C)c1. The number of carbonyl (C=O) groups excluding carboxylic acids is 1. The molecule has 1 unspecified atom stereocenters. The third-order valence-electron chi connectivity index (χ3n) is 3.59. The molecular weight excluding hydrogens is 254 g/mol. The number of carbonyl (C=O) groups is 1. The van der Waals surface area contributed by atoms with Crippen LogP contribution in [0.15, 0.2) is 24.3 Å². The molecule has 0 aliphatic carbocycles. The zero-order valence-corrected chi connectivity index (χ0v) is 12.4. The van der Waals surface area contributed by atoms with Crippen molar-refractivity contribution in [3.05, 3.63) is 29.8 Å². The predicted octanol–water partition coefficient (Wildman–Crippen LogP) is 0.730. The van der Waals surface area contributed by atoms with E-state index in [1.54, 1.807) is 7.11 Å². The fourth-order valence-corrected chi connectivity index (χ4v) is 2.53. The van der Waals surface area contributed by atoms with Crippen LogP contribution in [0.4, 0.5) is 0 Å². The molecular formula is C15H23N3O2. The molecule has 0 aromatic heterocycles. The number of methoxy groups -OCH3 is 1. The molecule has 20 heavy (non-hydrogen) atoms. The zero-order valence-electron chi connectivity index (χ0n) is 12.4. The summed E-state index contributed by atoms with van der Waals surface area (Å²) < 4.78 is 5.26. The zero-order chi connectivity index (χ0) is 14.5. The highest BCUT2D eigenvalue weighted by atomic mass is 16.5. The van der Waals surface area contributed by atoms with E-state index in [4.69, 9.17) is 4.74 Å². The summed E-state index contributed by atoms with van der Waals surface area (Å²) in [5, 5.41) is 3.27. The lowest BCUT2D eigenvalue weighted by atomic mass is 10.0. The van der Waals surface area contributed by atoms with Gasteiger partial charge in [-0.2, -0.15) is 0 Å². The molecule has 0 spiro atoms. The molecule has 5 heteroatoms. The maximum atomic E-state index is 12.8. The van der Waals surface area contributed by atoms with E-state index in [1.807, 2.05) is 48.2 Å². The number of amides is 1. The van der Waals surface area contributed by atoms with E-state index in [9.17, 15) is 4.79 Å². The first kappa shape index (κ1) is 14.8. The van der Waals surface area contributed by atoms with Gasteiger partial charge < -0.3 is 15.0 Å². The van der Waals surface area contributed by atoms with Crippen molar-refractivity contribution in [3.63, 3.8) is 0 Å². The van der Waals surface area contributed by atoms with Crippen molar-refractivity contribution in [1.82, 2.24) is 15.1 Å². The van der Waals surface area contributed by atoms with Gasteiger partial charge in [0.2, 0.25) is 5.91 Å². The predicted molar refractivity (Wildman–Crippen MR) is 78.9 cm³/mol. The standard InChI is InChI=1S/C15H23N3O2/c1-17(2)14(12-5-4-6-13(11-12)20-3)15(19)18-9-7-16-8-10-18/h4-6,11,14,16H,7-10H2,1-3H3. The number of ether oxygens (including phenoxy) is 1. The van der Waals surface area contributed by atoms with Crippen LogP contribution in [0.5, 0.6) is 5.75 Å². The van der Waals surface area contributed by atoms with Crippen LogP contribution in [0.2, 0.25) is 0 Å². The van der Waals surface area contributed by atoms with Crippen LogP contribution in [0.1, 0.15) is 11.6 Å². The molecule has 1 aromatic carbocycles. The maximum Gasteiger partial charge on any atom is 0.244 e. The summed E-state index contributed by atoms with van der Waals surface area (Å²) in [4.78, 5) is 16.6. The van der Waals surface area contributed by atoms with Crippen LogP contribution in [-0.4, -0.2) is 63.1 Å². The van der Waals surface area contributed by atoms with Crippen molar-refractivity contribution in [2.45, 2.75) is 6.04 Å². The average Bonchev–Trinajstić information content (AvgIpc) is 2.48. The van der Waals surface area contributed by atoms with Gasteiger partial charge in [-0.05, 0) is 31.8 Å². The molecule has 0 bridgehead atoms. The molecule has 1 aliphatic heterocycles. The van der Waals surface area contributed by atoms with Crippen LogP contribution >= 0.6 is 0 Å². The minimum Gasteiger partial charge on any atom is -0.497 e. The Labute approximate surface area is 120 Å². The van der Waals surface area contributed by atoms with E-state index in [1.165, 1.54) is 0 Å². The summed E-state index contributed by atoms with van der Waals surface area (Å²) in [5.74, 6) is 0.937. The Kier molecular flexibility index (Phi) is 4.98. The number of hydrogen-bond donors (Lipinski definition) is 1. The number of rotatable bonds is 4. The largest absolute Gasteiger partial charge is 0.497 e. The molecule has 1 N–H and O–H groups in total. The fraction of sp³-hybridized carbons (Fsp3) is 0.533. The van der Waals surface area contributed by atoms with E-state index in [-0.39, 0.29) is 11.9 Å². The van der Waals surface area contributed by atoms with Crippen LogP contribution in [0.25, 0.3) is 0 Å². The molecule has 1 aromatic rings. The first-order valence-electron chi connectivity index (χ1n) is 6.93. The van der Waals surface area contributed by atoms with E-state index >= 15 is 0 Å². The van der Waals surface area contributed by atoms with Crippen molar-refractivity contribution in [3.8, 4) is 5.75 Å². The van der Waals surface area contributed by atoms with Crippen molar-refractivity contribution in [1.29, 1.82) is 0 Å². The van der Waals surface area contributed by atoms with Crippen LogP contribution in [-0.2, 0) is 4.79 Å². The molecule has 2 rings (SSSR count). The van der Waals surface area contributed by atoms with Crippen molar-refractivity contribution in [2.75, 3.05) is 47.4 Å². The quantitative estimate of drug-likeness (QED) is 0.881. The van der Waals surface area contributed by atoms with Gasteiger partial charge in [0.1, 0.15) is 11.8 Å². The highest BCUT2D eigenvalue weighted by Gasteiger charge is 2.28. The normalized spacial score (nSPS) is 17.1. The molecule has 1 heterocycles. The number of benzene rings is 1. The lowest BCUT2D eigenvalue weighted by Crippen LogP contribution is -2.49. The van der Waals surface area contributed by atoms with Gasteiger partial charge >= 0.3 is 0 Å². The average molecular weight is 277 g/mol.